The maximum absolute atomic E-state index is 11.3. The van der Waals surface area contributed by atoms with E-state index in [9.17, 15) is 15.0 Å². The molecular weight excluding hydrogens is 224 g/mol. The first-order chi connectivity index (χ1) is 7.93. The predicted molar refractivity (Wildman–Crippen MR) is 61.1 cm³/mol. The number of rotatable bonds is 3. The summed E-state index contributed by atoms with van der Waals surface area (Å²) in [6.45, 7) is 3.47. The number of esters is 1. The van der Waals surface area contributed by atoms with Gasteiger partial charge < -0.3 is 19.7 Å². The van der Waals surface area contributed by atoms with Crippen molar-refractivity contribution in [3.8, 4) is 11.5 Å². The highest BCUT2D eigenvalue weighted by Crippen LogP contribution is 2.36. The first-order valence-electron chi connectivity index (χ1n) is 5.07. The fourth-order valence-corrected chi connectivity index (χ4v) is 1.68. The number of aromatic hydroxyl groups is 1. The molecule has 0 saturated heterocycles. The minimum Gasteiger partial charge on any atom is -0.504 e. The predicted octanol–water partition coefficient (Wildman–Crippen LogP) is 1.22. The van der Waals surface area contributed by atoms with E-state index in [0.717, 1.165) is 0 Å². The van der Waals surface area contributed by atoms with Gasteiger partial charge in [0.15, 0.2) is 17.6 Å². The number of hydrogen-bond donors (Lipinski definition) is 2. The third-order valence-electron chi connectivity index (χ3n) is 2.78. The Morgan fingerprint density at radius 3 is 2.35 bits per heavy atom. The van der Waals surface area contributed by atoms with Crippen LogP contribution in [0.1, 0.15) is 22.8 Å². The SMILES string of the molecule is COC(=O)C(O)c1cc(O)c(OC)c(C)c1C. The number of aliphatic hydroxyl groups is 1. The van der Waals surface area contributed by atoms with Gasteiger partial charge in [0.25, 0.3) is 0 Å². The molecule has 2 N–H and O–H groups in total. The zero-order valence-corrected chi connectivity index (χ0v) is 10.3. The van der Waals surface area contributed by atoms with Crippen molar-refractivity contribution in [3.63, 3.8) is 0 Å². The van der Waals surface area contributed by atoms with Crippen LogP contribution in [0.25, 0.3) is 0 Å². The Labute approximate surface area is 99.6 Å². The van der Waals surface area contributed by atoms with Crippen LogP contribution in [0.3, 0.4) is 0 Å². The molecule has 0 aliphatic carbocycles. The van der Waals surface area contributed by atoms with Crippen LogP contribution in [0.5, 0.6) is 11.5 Å². The van der Waals surface area contributed by atoms with Crippen molar-refractivity contribution in [3.05, 3.63) is 22.8 Å². The van der Waals surface area contributed by atoms with E-state index >= 15 is 0 Å². The van der Waals surface area contributed by atoms with Crippen molar-refractivity contribution in [2.24, 2.45) is 0 Å². The van der Waals surface area contributed by atoms with Crippen LogP contribution in [0.4, 0.5) is 0 Å². The molecule has 5 nitrogen and oxygen atoms in total. The van der Waals surface area contributed by atoms with Crippen LogP contribution in [0.15, 0.2) is 6.07 Å². The summed E-state index contributed by atoms with van der Waals surface area (Å²) in [5, 5.41) is 19.5. The molecule has 17 heavy (non-hydrogen) atoms. The third kappa shape index (κ3) is 2.34. The van der Waals surface area contributed by atoms with Crippen LogP contribution in [-0.4, -0.2) is 30.4 Å². The van der Waals surface area contributed by atoms with Crippen LogP contribution < -0.4 is 4.74 Å². The van der Waals surface area contributed by atoms with Crippen molar-refractivity contribution in [2.45, 2.75) is 20.0 Å². The van der Waals surface area contributed by atoms with E-state index in [0.29, 0.717) is 22.4 Å². The quantitative estimate of drug-likeness (QED) is 0.777. The van der Waals surface area contributed by atoms with Gasteiger partial charge in [-0.2, -0.15) is 0 Å². The van der Waals surface area contributed by atoms with Gasteiger partial charge in [0.05, 0.1) is 14.2 Å². The Balaban J connectivity index is 3.32. The van der Waals surface area contributed by atoms with Gasteiger partial charge in [-0.05, 0) is 36.6 Å². The lowest BCUT2D eigenvalue weighted by Gasteiger charge is -2.17. The molecule has 0 aliphatic rings. The Morgan fingerprint density at radius 1 is 1.29 bits per heavy atom. The van der Waals surface area contributed by atoms with Crippen molar-refractivity contribution in [1.82, 2.24) is 0 Å². The van der Waals surface area contributed by atoms with E-state index in [2.05, 4.69) is 4.74 Å². The van der Waals surface area contributed by atoms with Crippen LogP contribution in [0, 0.1) is 13.8 Å². The molecule has 94 valence electrons. The molecule has 0 radical (unpaired) electrons. The monoisotopic (exact) mass is 240 g/mol. The highest BCUT2D eigenvalue weighted by molar-refractivity contribution is 5.77. The number of carbonyl (C=O) groups is 1. The molecule has 1 aromatic rings. The van der Waals surface area contributed by atoms with Gasteiger partial charge >= 0.3 is 5.97 Å². The van der Waals surface area contributed by atoms with Gasteiger partial charge in [0, 0.05) is 0 Å². The maximum Gasteiger partial charge on any atom is 0.339 e. The number of ether oxygens (including phenoxy) is 2. The highest BCUT2D eigenvalue weighted by Gasteiger charge is 2.23. The first kappa shape index (κ1) is 13.3. The number of benzene rings is 1. The molecule has 1 aromatic carbocycles. The topological polar surface area (TPSA) is 76.0 Å². The zero-order chi connectivity index (χ0) is 13.2. The van der Waals surface area contributed by atoms with Crippen molar-refractivity contribution < 1.29 is 24.5 Å². The first-order valence-corrected chi connectivity index (χ1v) is 5.07. The number of methoxy groups -OCH3 is 2. The lowest BCUT2D eigenvalue weighted by Crippen LogP contribution is -2.15. The summed E-state index contributed by atoms with van der Waals surface area (Å²) in [4.78, 5) is 11.3. The summed E-state index contributed by atoms with van der Waals surface area (Å²) in [7, 11) is 2.63. The van der Waals surface area contributed by atoms with Crippen LogP contribution >= 0.6 is 0 Å². The van der Waals surface area contributed by atoms with E-state index in [-0.39, 0.29) is 5.75 Å². The fraction of sp³-hybridized carbons (Fsp3) is 0.417. The number of carbonyl (C=O) groups excluding carboxylic acids is 1. The largest absolute Gasteiger partial charge is 0.504 e. The van der Waals surface area contributed by atoms with Gasteiger partial charge in [-0.15, -0.1) is 0 Å². The van der Waals surface area contributed by atoms with Gasteiger partial charge in [-0.25, -0.2) is 4.79 Å². The van der Waals surface area contributed by atoms with E-state index < -0.39 is 12.1 Å². The van der Waals surface area contributed by atoms with E-state index in [1.165, 1.54) is 20.3 Å². The molecule has 0 spiro atoms. The molecule has 0 bridgehead atoms. The summed E-state index contributed by atoms with van der Waals surface area (Å²) in [5.41, 5.74) is 1.66. The molecule has 0 fully saturated rings. The Morgan fingerprint density at radius 2 is 1.88 bits per heavy atom. The lowest BCUT2D eigenvalue weighted by atomic mass is 9.97. The molecule has 1 atom stereocenters. The second-order valence-corrected chi connectivity index (χ2v) is 3.69. The molecule has 5 heteroatoms. The molecule has 0 amide bonds. The smallest absolute Gasteiger partial charge is 0.339 e. The molecule has 0 heterocycles. The lowest BCUT2D eigenvalue weighted by molar-refractivity contribution is -0.150. The van der Waals surface area contributed by atoms with Crippen molar-refractivity contribution in [1.29, 1.82) is 0 Å². The Hall–Kier alpha value is -1.75. The van der Waals surface area contributed by atoms with Gasteiger partial charge in [0.1, 0.15) is 0 Å². The van der Waals surface area contributed by atoms with Gasteiger partial charge in [-0.3, -0.25) is 0 Å². The van der Waals surface area contributed by atoms with Crippen LogP contribution in [0.2, 0.25) is 0 Å². The fourth-order valence-electron chi connectivity index (χ4n) is 1.68. The van der Waals surface area contributed by atoms with Crippen molar-refractivity contribution in [2.75, 3.05) is 14.2 Å². The highest BCUT2D eigenvalue weighted by atomic mass is 16.5. The molecule has 0 saturated carbocycles. The van der Waals surface area contributed by atoms with Crippen LogP contribution in [-0.2, 0) is 9.53 Å². The number of phenolic OH excluding ortho intramolecular Hbond substituents is 1. The maximum atomic E-state index is 11.3. The average molecular weight is 240 g/mol. The van der Waals surface area contributed by atoms with Gasteiger partial charge in [-0.1, -0.05) is 0 Å². The molecule has 0 aromatic heterocycles. The number of phenols is 1. The summed E-state index contributed by atoms with van der Waals surface area (Å²) < 4.78 is 9.49. The summed E-state index contributed by atoms with van der Waals surface area (Å²) in [5.74, 6) is -0.547. The number of aliphatic hydroxyl groups excluding tert-OH is 1. The standard InChI is InChI=1S/C12H16O5/c1-6-7(2)11(16-3)9(13)5-8(6)10(14)12(15)17-4/h5,10,13-14H,1-4H3. The molecule has 1 unspecified atom stereocenters. The number of hydrogen-bond acceptors (Lipinski definition) is 5. The molecule has 1 rings (SSSR count). The normalized spacial score (nSPS) is 12.1. The summed E-state index contributed by atoms with van der Waals surface area (Å²) in [6.07, 6.45) is -1.41. The van der Waals surface area contributed by atoms with E-state index in [4.69, 9.17) is 4.74 Å². The van der Waals surface area contributed by atoms with Crippen molar-refractivity contribution >= 4 is 5.97 Å². The Kier molecular flexibility index (Phi) is 3.96. The minimum atomic E-state index is -1.41. The second kappa shape index (κ2) is 5.05. The molecule has 0 aliphatic heterocycles. The van der Waals surface area contributed by atoms with Gasteiger partial charge in [0.2, 0.25) is 0 Å². The summed E-state index contributed by atoms with van der Waals surface area (Å²) in [6, 6.07) is 1.31. The Bertz CT molecular complexity index is 439. The zero-order valence-electron chi connectivity index (χ0n) is 10.3. The third-order valence-corrected chi connectivity index (χ3v) is 2.78. The summed E-state index contributed by atoms with van der Waals surface area (Å²) >= 11 is 0. The van der Waals surface area contributed by atoms with E-state index in [1.807, 2.05) is 0 Å². The average Bonchev–Trinajstić information content (AvgIpc) is 2.32. The minimum absolute atomic E-state index is 0.117. The van der Waals surface area contributed by atoms with E-state index in [1.54, 1.807) is 13.8 Å². The second-order valence-electron chi connectivity index (χ2n) is 3.69. The molecular formula is C12H16O5.